The fraction of sp³-hybridized carbons (Fsp3) is 0.125. The molecule has 3 N–H and O–H groups in total. The van der Waals surface area contributed by atoms with E-state index < -0.39 is 5.91 Å². The number of hydrogen-bond donors (Lipinski definition) is 3. The SMILES string of the molecule is Cc1ccc(O)c(NC(=S)NC(=O)COc2ccc(Br)cc2Br)c1. The Morgan fingerprint density at radius 2 is 2.00 bits per heavy atom. The van der Waals surface area contributed by atoms with Crippen molar-refractivity contribution in [2.45, 2.75) is 6.92 Å². The summed E-state index contributed by atoms with van der Waals surface area (Å²) in [7, 11) is 0. The summed E-state index contributed by atoms with van der Waals surface area (Å²) in [5, 5.41) is 15.1. The normalized spacial score (nSPS) is 10.1. The van der Waals surface area contributed by atoms with Crippen molar-refractivity contribution in [1.29, 1.82) is 0 Å². The Bertz CT molecular complexity index is 784. The van der Waals surface area contributed by atoms with Crippen LogP contribution in [0.4, 0.5) is 5.69 Å². The predicted molar refractivity (Wildman–Crippen MR) is 105 cm³/mol. The molecule has 0 saturated heterocycles. The summed E-state index contributed by atoms with van der Waals surface area (Å²) >= 11 is 11.8. The molecule has 0 aliphatic rings. The van der Waals surface area contributed by atoms with E-state index in [0.717, 1.165) is 14.5 Å². The van der Waals surface area contributed by atoms with E-state index in [1.165, 1.54) is 0 Å². The van der Waals surface area contributed by atoms with Crippen LogP contribution in [0.1, 0.15) is 5.56 Å². The molecule has 0 bridgehead atoms. The van der Waals surface area contributed by atoms with Gasteiger partial charge in [-0.25, -0.2) is 0 Å². The number of halogens is 2. The van der Waals surface area contributed by atoms with Gasteiger partial charge in [-0.15, -0.1) is 0 Å². The van der Waals surface area contributed by atoms with Crippen LogP contribution in [0.2, 0.25) is 0 Å². The Kier molecular flexibility index (Phi) is 6.59. The van der Waals surface area contributed by atoms with Gasteiger partial charge in [0.1, 0.15) is 11.5 Å². The number of phenolic OH excluding ortho intramolecular Hbond substituents is 1. The molecular weight excluding hydrogens is 460 g/mol. The summed E-state index contributed by atoms with van der Waals surface area (Å²) in [4.78, 5) is 11.9. The number of benzene rings is 2. The first-order valence-corrected chi connectivity index (χ1v) is 8.83. The maximum atomic E-state index is 11.9. The summed E-state index contributed by atoms with van der Waals surface area (Å²) in [6, 6.07) is 10.4. The van der Waals surface area contributed by atoms with Gasteiger partial charge in [0.15, 0.2) is 11.7 Å². The zero-order valence-electron chi connectivity index (χ0n) is 12.6. The van der Waals surface area contributed by atoms with Crippen LogP contribution in [-0.2, 0) is 4.79 Å². The fourth-order valence-corrected chi connectivity index (χ4v) is 3.19. The van der Waals surface area contributed by atoms with E-state index in [2.05, 4.69) is 42.5 Å². The van der Waals surface area contributed by atoms with E-state index in [0.29, 0.717) is 11.4 Å². The number of nitrogens with one attached hydrogen (secondary N) is 2. The number of carbonyl (C=O) groups is 1. The Morgan fingerprint density at radius 3 is 2.71 bits per heavy atom. The molecule has 0 heterocycles. The van der Waals surface area contributed by atoms with E-state index in [1.807, 2.05) is 19.1 Å². The number of amides is 1. The largest absolute Gasteiger partial charge is 0.506 e. The highest BCUT2D eigenvalue weighted by Gasteiger charge is 2.09. The van der Waals surface area contributed by atoms with Gasteiger partial charge in [0.2, 0.25) is 0 Å². The quantitative estimate of drug-likeness (QED) is 0.460. The van der Waals surface area contributed by atoms with Crippen molar-refractivity contribution >= 4 is 60.8 Å². The third-order valence-corrected chi connectivity index (χ3v) is 4.22. The molecule has 1 amide bonds. The molecule has 2 rings (SSSR count). The minimum Gasteiger partial charge on any atom is -0.506 e. The molecule has 0 aliphatic heterocycles. The fourth-order valence-electron chi connectivity index (χ4n) is 1.80. The molecule has 5 nitrogen and oxygen atoms in total. The number of carbonyl (C=O) groups excluding carboxylic acids is 1. The van der Waals surface area contributed by atoms with Crippen molar-refractivity contribution in [3.05, 3.63) is 50.9 Å². The van der Waals surface area contributed by atoms with Crippen LogP contribution in [-0.4, -0.2) is 22.7 Å². The van der Waals surface area contributed by atoms with Gasteiger partial charge in [-0.05, 0) is 71.0 Å². The van der Waals surface area contributed by atoms with Crippen LogP contribution < -0.4 is 15.4 Å². The first-order chi connectivity index (χ1) is 11.3. The summed E-state index contributed by atoms with van der Waals surface area (Å²) in [5.41, 5.74) is 1.38. The summed E-state index contributed by atoms with van der Waals surface area (Å²) in [5.74, 6) is 0.185. The minimum absolute atomic E-state index is 0.0484. The van der Waals surface area contributed by atoms with Gasteiger partial charge in [-0.3, -0.25) is 10.1 Å². The van der Waals surface area contributed by atoms with Crippen molar-refractivity contribution in [2.75, 3.05) is 11.9 Å². The monoisotopic (exact) mass is 472 g/mol. The molecule has 126 valence electrons. The zero-order valence-corrected chi connectivity index (χ0v) is 16.6. The average molecular weight is 474 g/mol. The highest BCUT2D eigenvalue weighted by Crippen LogP contribution is 2.28. The number of anilines is 1. The highest BCUT2D eigenvalue weighted by atomic mass is 79.9. The van der Waals surface area contributed by atoms with Crippen LogP contribution in [0.3, 0.4) is 0 Å². The molecule has 0 atom stereocenters. The van der Waals surface area contributed by atoms with E-state index in [9.17, 15) is 9.90 Å². The van der Waals surface area contributed by atoms with Crippen LogP contribution in [0.25, 0.3) is 0 Å². The molecule has 0 unspecified atom stereocenters. The smallest absolute Gasteiger partial charge is 0.264 e. The Hall–Kier alpha value is -1.64. The van der Waals surface area contributed by atoms with Gasteiger partial charge in [-0.1, -0.05) is 22.0 Å². The summed E-state index contributed by atoms with van der Waals surface area (Å²) in [6.45, 7) is 1.69. The third-order valence-electron chi connectivity index (χ3n) is 2.91. The lowest BCUT2D eigenvalue weighted by atomic mass is 10.2. The van der Waals surface area contributed by atoms with Gasteiger partial charge in [0, 0.05) is 4.47 Å². The lowest BCUT2D eigenvalue weighted by Crippen LogP contribution is -2.37. The molecule has 0 aromatic heterocycles. The van der Waals surface area contributed by atoms with Crippen LogP contribution in [0, 0.1) is 6.92 Å². The molecule has 0 fully saturated rings. The second-order valence-corrected chi connectivity index (χ2v) is 7.06. The molecule has 0 radical (unpaired) electrons. The Morgan fingerprint density at radius 1 is 1.25 bits per heavy atom. The topological polar surface area (TPSA) is 70.6 Å². The van der Waals surface area contributed by atoms with Gasteiger partial charge < -0.3 is 15.2 Å². The zero-order chi connectivity index (χ0) is 17.7. The van der Waals surface area contributed by atoms with E-state index in [-0.39, 0.29) is 17.5 Å². The first-order valence-electron chi connectivity index (χ1n) is 6.83. The molecule has 24 heavy (non-hydrogen) atoms. The van der Waals surface area contributed by atoms with E-state index >= 15 is 0 Å². The Balaban J connectivity index is 1.87. The van der Waals surface area contributed by atoms with Crippen LogP contribution >= 0.6 is 44.1 Å². The van der Waals surface area contributed by atoms with Crippen molar-refractivity contribution in [2.24, 2.45) is 0 Å². The van der Waals surface area contributed by atoms with Gasteiger partial charge in [0.05, 0.1) is 10.2 Å². The highest BCUT2D eigenvalue weighted by molar-refractivity contribution is 9.11. The minimum atomic E-state index is -0.408. The molecule has 2 aromatic carbocycles. The summed E-state index contributed by atoms with van der Waals surface area (Å²) < 4.78 is 7.06. The second kappa shape index (κ2) is 8.46. The summed E-state index contributed by atoms with van der Waals surface area (Å²) in [6.07, 6.45) is 0. The van der Waals surface area contributed by atoms with Gasteiger partial charge >= 0.3 is 0 Å². The number of thiocarbonyl (C=S) groups is 1. The van der Waals surface area contributed by atoms with Gasteiger partial charge in [-0.2, -0.15) is 0 Å². The Labute approximate surface area is 161 Å². The molecule has 0 saturated carbocycles. The van der Waals surface area contributed by atoms with Crippen LogP contribution in [0.5, 0.6) is 11.5 Å². The van der Waals surface area contributed by atoms with Crippen molar-refractivity contribution < 1.29 is 14.6 Å². The number of hydrogen-bond acceptors (Lipinski definition) is 4. The maximum Gasteiger partial charge on any atom is 0.264 e. The first kappa shape index (κ1) is 18.7. The number of aryl methyl sites for hydroxylation is 1. The van der Waals surface area contributed by atoms with E-state index in [1.54, 1.807) is 24.3 Å². The molecule has 0 aliphatic carbocycles. The van der Waals surface area contributed by atoms with Crippen molar-refractivity contribution in [3.63, 3.8) is 0 Å². The van der Waals surface area contributed by atoms with Crippen molar-refractivity contribution in [3.8, 4) is 11.5 Å². The molecule has 0 spiro atoms. The van der Waals surface area contributed by atoms with Gasteiger partial charge in [0.25, 0.3) is 5.91 Å². The molecular formula is C16H14Br2N2O3S. The lowest BCUT2D eigenvalue weighted by molar-refractivity contribution is -0.121. The number of rotatable bonds is 4. The predicted octanol–water partition coefficient (Wildman–Crippen LogP) is 4.12. The number of ether oxygens (including phenoxy) is 1. The third kappa shape index (κ3) is 5.47. The number of aromatic hydroxyl groups is 1. The number of phenols is 1. The maximum absolute atomic E-state index is 11.9. The van der Waals surface area contributed by atoms with E-state index in [4.69, 9.17) is 17.0 Å². The average Bonchev–Trinajstić information content (AvgIpc) is 2.50. The molecule has 2 aromatic rings. The standard InChI is InChI=1S/C16H14Br2N2O3S/c1-9-2-4-13(21)12(6-9)19-16(24)20-15(22)8-23-14-5-3-10(17)7-11(14)18/h2-7,21H,8H2,1H3,(H2,19,20,22,24). The second-order valence-electron chi connectivity index (χ2n) is 4.89. The molecule has 8 heteroatoms. The van der Waals surface area contributed by atoms with Crippen molar-refractivity contribution in [1.82, 2.24) is 5.32 Å². The lowest BCUT2D eigenvalue weighted by Gasteiger charge is -2.12. The van der Waals surface area contributed by atoms with Crippen LogP contribution in [0.15, 0.2) is 45.3 Å².